The second-order valence-electron chi connectivity index (χ2n) is 3.50. The lowest BCUT2D eigenvalue weighted by molar-refractivity contribution is 0.154. The monoisotopic (exact) mass is 188 g/mol. The van der Waals surface area contributed by atoms with Crippen molar-refractivity contribution in [3.05, 3.63) is 0 Å². The highest BCUT2D eigenvalue weighted by molar-refractivity contribution is 7.80. The van der Waals surface area contributed by atoms with Gasteiger partial charge in [-0.05, 0) is 38.1 Å². The van der Waals surface area contributed by atoms with E-state index < -0.39 is 0 Å². The van der Waals surface area contributed by atoms with Crippen LogP contribution in [0.1, 0.15) is 25.7 Å². The van der Waals surface area contributed by atoms with E-state index in [0.717, 1.165) is 12.3 Å². The SMILES string of the molecule is NCC1CCCCN1CCCS. The average Bonchev–Trinajstić information content (AvgIpc) is 2.15. The van der Waals surface area contributed by atoms with E-state index in [9.17, 15) is 0 Å². The van der Waals surface area contributed by atoms with Crippen molar-refractivity contribution < 1.29 is 0 Å². The molecule has 0 aromatic rings. The molecule has 0 aliphatic carbocycles. The van der Waals surface area contributed by atoms with Crippen LogP contribution in [0.3, 0.4) is 0 Å². The Bertz CT molecular complexity index is 119. The maximum absolute atomic E-state index is 5.70. The van der Waals surface area contributed by atoms with E-state index in [1.165, 1.54) is 38.8 Å². The fraction of sp³-hybridized carbons (Fsp3) is 1.00. The minimum Gasteiger partial charge on any atom is -0.329 e. The summed E-state index contributed by atoms with van der Waals surface area (Å²) in [5.74, 6) is 0.994. The lowest BCUT2D eigenvalue weighted by Crippen LogP contribution is -2.44. The summed E-state index contributed by atoms with van der Waals surface area (Å²) < 4.78 is 0. The Morgan fingerprint density at radius 1 is 1.42 bits per heavy atom. The molecular formula is C9H20N2S. The molecule has 0 aromatic carbocycles. The molecule has 0 radical (unpaired) electrons. The highest BCUT2D eigenvalue weighted by Crippen LogP contribution is 2.15. The third-order valence-electron chi connectivity index (χ3n) is 2.62. The van der Waals surface area contributed by atoms with Gasteiger partial charge in [0.25, 0.3) is 0 Å². The minimum atomic E-state index is 0.652. The molecule has 1 saturated heterocycles. The van der Waals surface area contributed by atoms with Gasteiger partial charge in [-0.15, -0.1) is 0 Å². The van der Waals surface area contributed by atoms with Gasteiger partial charge in [-0.1, -0.05) is 6.42 Å². The maximum atomic E-state index is 5.70. The van der Waals surface area contributed by atoms with Crippen LogP contribution in [-0.2, 0) is 0 Å². The second-order valence-corrected chi connectivity index (χ2v) is 3.95. The van der Waals surface area contributed by atoms with Crippen molar-refractivity contribution in [3.8, 4) is 0 Å². The van der Waals surface area contributed by atoms with Crippen LogP contribution in [0.2, 0.25) is 0 Å². The van der Waals surface area contributed by atoms with Crippen molar-refractivity contribution in [1.82, 2.24) is 4.90 Å². The molecule has 0 aromatic heterocycles. The lowest BCUT2D eigenvalue weighted by Gasteiger charge is -2.34. The van der Waals surface area contributed by atoms with E-state index in [0.29, 0.717) is 6.04 Å². The van der Waals surface area contributed by atoms with Crippen LogP contribution < -0.4 is 5.73 Å². The van der Waals surface area contributed by atoms with Crippen molar-refractivity contribution in [2.24, 2.45) is 5.73 Å². The van der Waals surface area contributed by atoms with Crippen LogP contribution in [0.15, 0.2) is 0 Å². The Balaban J connectivity index is 2.26. The molecule has 0 saturated carbocycles. The Morgan fingerprint density at radius 3 is 2.92 bits per heavy atom. The molecule has 1 fully saturated rings. The average molecular weight is 188 g/mol. The van der Waals surface area contributed by atoms with Gasteiger partial charge in [-0.25, -0.2) is 0 Å². The third-order valence-corrected chi connectivity index (χ3v) is 2.94. The van der Waals surface area contributed by atoms with Crippen LogP contribution >= 0.6 is 12.6 Å². The van der Waals surface area contributed by atoms with Crippen molar-refractivity contribution in [3.63, 3.8) is 0 Å². The number of likely N-dealkylation sites (tertiary alicyclic amines) is 1. The lowest BCUT2D eigenvalue weighted by atomic mass is 10.0. The van der Waals surface area contributed by atoms with Gasteiger partial charge in [-0.2, -0.15) is 12.6 Å². The highest BCUT2D eigenvalue weighted by atomic mass is 32.1. The number of rotatable bonds is 4. The van der Waals surface area contributed by atoms with E-state index >= 15 is 0 Å². The number of hydrogen-bond acceptors (Lipinski definition) is 3. The van der Waals surface area contributed by atoms with Crippen molar-refractivity contribution in [2.45, 2.75) is 31.7 Å². The van der Waals surface area contributed by atoms with E-state index in [1.54, 1.807) is 0 Å². The molecule has 1 aliphatic rings. The quantitative estimate of drug-likeness (QED) is 0.647. The molecule has 2 nitrogen and oxygen atoms in total. The van der Waals surface area contributed by atoms with E-state index in [2.05, 4.69) is 17.5 Å². The molecule has 3 heteroatoms. The van der Waals surface area contributed by atoms with Crippen LogP contribution in [-0.4, -0.2) is 36.3 Å². The Labute approximate surface area is 80.9 Å². The molecule has 0 spiro atoms. The van der Waals surface area contributed by atoms with E-state index in [-0.39, 0.29) is 0 Å². The third kappa shape index (κ3) is 2.96. The van der Waals surface area contributed by atoms with Gasteiger partial charge in [0.2, 0.25) is 0 Å². The highest BCUT2D eigenvalue weighted by Gasteiger charge is 2.19. The number of thiol groups is 1. The number of piperidine rings is 1. The molecule has 12 heavy (non-hydrogen) atoms. The molecule has 1 unspecified atom stereocenters. The van der Waals surface area contributed by atoms with Gasteiger partial charge < -0.3 is 5.73 Å². The largest absolute Gasteiger partial charge is 0.329 e. The van der Waals surface area contributed by atoms with Gasteiger partial charge in [-0.3, -0.25) is 4.90 Å². The predicted molar refractivity (Wildman–Crippen MR) is 56.7 cm³/mol. The fourth-order valence-corrected chi connectivity index (χ4v) is 2.04. The summed E-state index contributed by atoms with van der Waals surface area (Å²) in [5, 5.41) is 0. The summed E-state index contributed by atoms with van der Waals surface area (Å²) in [4.78, 5) is 2.53. The molecule has 1 rings (SSSR count). The molecule has 1 aliphatic heterocycles. The topological polar surface area (TPSA) is 29.3 Å². The van der Waals surface area contributed by atoms with Gasteiger partial charge in [0.1, 0.15) is 0 Å². The first-order chi connectivity index (χ1) is 5.88. The zero-order valence-corrected chi connectivity index (χ0v) is 8.60. The van der Waals surface area contributed by atoms with Gasteiger partial charge >= 0.3 is 0 Å². The molecular weight excluding hydrogens is 168 g/mol. The van der Waals surface area contributed by atoms with E-state index in [4.69, 9.17) is 5.73 Å². The Kier molecular flexibility index (Phi) is 5.04. The van der Waals surface area contributed by atoms with Gasteiger partial charge in [0.15, 0.2) is 0 Å². The van der Waals surface area contributed by atoms with Crippen LogP contribution in [0.4, 0.5) is 0 Å². The molecule has 72 valence electrons. The summed E-state index contributed by atoms with van der Waals surface area (Å²) in [6.45, 7) is 3.26. The van der Waals surface area contributed by atoms with Crippen LogP contribution in [0, 0.1) is 0 Å². The van der Waals surface area contributed by atoms with Gasteiger partial charge in [0, 0.05) is 12.6 Å². The Morgan fingerprint density at radius 2 is 2.25 bits per heavy atom. The minimum absolute atomic E-state index is 0.652. The first kappa shape index (κ1) is 10.4. The number of nitrogens with two attached hydrogens (primary N) is 1. The van der Waals surface area contributed by atoms with Crippen molar-refractivity contribution in [2.75, 3.05) is 25.4 Å². The number of nitrogens with zero attached hydrogens (tertiary/aromatic N) is 1. The first-order valence-corrected chi connectivity index (χ1v) is 5.56. The van der Waals surface area contributed by atoms with Gasteiger partial charge in [0.05, 0.1) is 0 Å². The fourth-order valence-electron chi connectivity index (χ4n) is 1.90. The number of hydrogen-bond donors (Lipinski definition) is 2. The summed E-state index contributed by atoms with van der Waals surface area (Å²) >= 11 is 4.22. The smallest absolute Gasteiger partial charge is 0.0218 e. The molecule has 1 atom stereocenters. The summed E-state index contributed by atoms with van der Waals surface area (Å²) in [5.41, 5.74) is 5.70. The Hall–Kier alpha value is 0.270. The normalized spacial score (nSPS) is 26.0. The molecule has 0 bridgehead atoms. The molecule has 2 N–H and O–H groups in total. The van der Waals surface area contributed by atoms with Crippen molar-refractivity contribution >= 4 is 12.6 Å². The summed E-state index contributed by atoms with van der Waals surface area (Å²) in [6, 6.07) is 0.652. The first-order valence-electron chi connectivity index (χ1n) is 4.93. The predicted octanol–water partition coefficient (Wildman–Crippen LogP) is 1.12. The molecule has 0 amide bonds. The van der Waals surface area contributed by atoms with Crippen LogP contribution in [0.25, 0.3) is 0 Å². The standard InChI is InChI=1S/C9H20N2S/c10-8-9-4-1-2-5-11(9)6-3-7-12/h9,12H,1-8,10H2. The zero-order chi connectivity index (χ0) is 8.81. The van der Waals surface area contributed by atoms with E-state index in [1.807, 2.05) is 0 Å². The van der Waals surface area contributed by atoms with Crippen molar-refractivity contribution in [1.29, 1.82) is 0 Å². The van der Waals surface area contributed by atoms with Crippen LogP contribution in [0.5, 0.6) is 0 Å². The second kappa shape index (κ2) is 5.84. The summed E-state index contributed by atoms with van der Waals surface area (Å²) in [7, 11) is 0. The zero-order valence-electron chi connectivity index (χ0n) is 7.71. The summed E-state index contributed by atoms with van der Waals surface area (Å²) in [6.07, 6.45) is 5.20. The molecule has 1 heterocycles. The maximum Gasteiger partial charge on any atom is 0.0218 e.